The number of carbonyl (C=O) groups is 2. The fourth-order valence-corrected chi connectivity index (χ4v) is 2.37. The van der Waals surface area contributed by atoms with Gasteiger partial charge in [-0.05, 0) is 37.3 Å². The number of thiocarbonyl (C=S) groups is 1. The maximum absolute atomic E-state index is 11.8. The van der Waals surface area contributed by atoms with Crippen LogP contribution >= 0.6 is 23.6 Å². The van der Waals surface area contributed by atoms with Gasteiger partial charge in [-0.25, -0.2) is 0 Å². The molecule has 2 aromatic rings. The minimum atomic E-state index is -0.339. The Labute approximate surface area is 131 Å². The third-order valence-electron chi connectivity index (χ3n) is 2.55. The Balaban J connectivity index is 1.82. The molecule has 2 rings (SSSR count). The highest BCUT2D eigenvalue weighted by molar-refractivity contribution is 7.80. The fraction of sp³-hybridized carbons (Fsp3) is 0.0714. The van der Waals surface area contributed by atoms with E-state index in [0.717, 1.165) is 4.88 Å². The second-order valence-electron chi connectivity index (χ2n) is 4.17. The van der Waals surface area contributed by atoms with Gasteiger partial charge < -0.3 is 0 Å². The summed E-state index contributed by atoms with van der Waals surface area (Å²) in [6, 6.07) is 10.4. The third-order valence-corrected chi connectivity index (χ3v) is 3.61. The normalized spacial score (nSPS) is 9.76. The molecule has 0 aliphatic carbocycles. The van der Waals surface area contributed by atoms with E-state index in [2.05, 4.69) is 16.2 Å². The highest BCUT2D eigenvalue weighted by Gasteiger charge is 2.09. The zero-order chi connectivity index (χ0) is 15.2. The topological polar surface area (TPSA) is 70.2 Å². The van der Waals surface area contributed by atoms with Gasteiger partial charge in [0.2, 0.25) is 0 Å². The van der Waals surface area contributed by atoms with Gasteiger partial charge in [-0.15, -0.1) is 11.3 Å². The quantitative estimate of drug-likeness (QED) is 0.585. The molecule has 3 N–H and O–H groups in total. The van der Waals surface area contributed by atoms with Crippen molar-refractivity contribution in [1.82, 2.24) is 16.2 Å². The van der Waals surface area contributed by atoms with Crippen LogP contribution in [0.4, 0.5) is 0 Å². The van der Waals surface area contributed by atoms with E-state index in [1.165, 1.54) is 11.3 Å². The molecule has 0 radical (unpaired) electrons. The van der Waals surface area contributed by atoms with E-state index >= 15 is 0 Å². The molecule has 21 heavy (non-hydrogen) atoms. The van der Waals surface area contributed by atoms with E-state index in [1.807, 2.05) is 13.0 Å². The highest BCUT2D eigenvalue weighted by Crippen LogP contribution is 2.12. The summed E-state index contributed by atoms with van der Waals surface area (Å²) in [4.78, 5) is 24.6. The molecule has 0 saturated heterocycles. The van der Waals surface area contributed by atoms with Gasteiger partial charge in [0.25, 0.3) is 11.8 Å². The van der Waals surface area contributed by atoms with Gasteiger partial charge in [0, 0.05) is 15.8 Å². The van der Waals surface area contributed by atoms with Crippen LogP contribution in [0.3, 0.4) is 0 Å². The van der Waals surface area contributed by atoms with Crippen LogP contribution < -0.4 is 16.2 Å². The second kappa shape index (κ2) is 6.96. The van der Waals surface area contributed by atoms with E-state index < -0.39 is 0 Å². The van der Waals surface area contributed by atoms with E-state index in [0.29, 0.717) is 11.1 Å². The summed E-state index contributed by atoms with van der Waals surface area (Å²) in [6.45, 7) is 1.92. The first-order valence-electron chi connectivity index (χ1n) is 6.08. The van der Waals surface area contributed by atoms with Crippen LogP contribution in [-0.2, 0) is 0 Å². The molecule has 1 aromatic carbocycles. The Bertz CT molecular complexity index is 668. The van der Waals surface area contributed by atoms with Crippen molar-refractivity contribution in [3.8, 4) is 0 Å². The van der Waals surface area contributed by atoms with Crippen LogP contribution in [0.2, 0.25) is 0 Å². The zero-order valence-electron chi connectivity index (χ0n) is 11.2. The molecule has 0 atom stereocenters. The number of rotatable bonds is 2. The van der Waals surface area contributed by atoms with Gasteiger partial charge in [-0.3, -0.25) is 25.8 Å². The number of nitrogens with one attached hydrogen (secondary N) is 3. The number of hydrogen-bond donors (Lipinski definition) is 3. The third kappa shape index (κ3) is 4.37. The smallest absolute Gasteiger partial charge is 0.270 e. The summed E-state index contributed by atoms with van der Waals surface area (Å²) in [5.41, 5.74) is 5.96. The SMILES string of the molecule is Cc1cc(C(=O)NNC(=S)NC(=O)c2ccccc2)cs1. The summed E-state index contributed by atoms with van der Waals surface area (Å²) in [5.74, 6) is -0.649. The molecule has 0 fully saturated rings. The van der Waals surface area contributed by atoms with Crippen LogP contribution in [0.5, 0.6) is 0 Å². The van der Waals surface area contributed by atoms with Crippen molar-refractivity contribution in [3.05, 3.63) is 57.8 Å². The first-order valence-corrected chi connectivity index (χ1v) is 7.37. The molecule has 0 spiro atoms. The van der Waals surface area contributed by atoms with Gasteiger partial charge in [0.15, 0.2) is 5.11 Å². The molecule has 5 nitrogen and oxygen atoms in total. The Hall–Kier alpha value is -2.25. The predicted octanol–water partition coefficient (Wildman–Crippen LogP) is 2.01. The lowest BCUT2D eigenvalue weighted by Gasteiger charge is -2.10. The predicted molar refractivity (Wildman–Crippen MR) is 86.2 cm³/mol. The Morgan fingerprint density at radius 3 is 2.38 bits per heavy atom. The molecular formula is C14H13N3O2S2. The fourth-order valence-electron chi connectivity index (χ4n) is 1.54. The molecule has 0 saturated carbocycles. The van der Waals surface area contributed by atoms with Gasteiger partial charge >= 0.3 is 0 Å². The minimum Gasteiger partial charge on any atom is -0.298 e. The number of hydrogen-bond acceptors (Lipinski definition) is 4. The van der Waals surface area contributed by atoms with Gasteiger partial charge in [-0.2, -0.15) is 0 Å². The molecule has 1 heterocycles. The zero-order valence-corrected chi connectivity index (χ0v) is 12.8. The molecule has 0 aliphatic rings. The lowest BCUT2D eigenvalue weighted by Crippen LogP contribution is -2.48. The maximum Gasteiger partial charge on any atom is 0.270 e. The number of aryl methyl sites for hydroxylation is 1. The van der Waals surface area contributed by atoms with Crippen molar-refractivity contribution >= 4 is 40.5 Å². The van der Waals surface area contributed by atoms with Crippen molar-refractivity contribution in [2.45, 2.75) is 6.92 Å². The number of benzene rings is 1. The summed E-state index contributed by atoms with van der Waals surface area (Å²) < 4.78 is 0. The molecule has 0 aliphatic heterocycles. The Kier molecular flexibility index (Phi) is 5.02. The number of thiophene rings is 1. The molecule has 0 bridgehead atoms. The lowest BCUT2D eigenvalue weighted by atomic mass is 10.2. The van der Waals surface area contributed by atoms with Gasteiger partial charge in [-0.1, -0.05) is 18.2 Å². The Morgan fingerprint density at radius 2 is 1.76 bits per heavy atom. The summed E-state index contributed by atoms with van der Waals surface area (Å²) >= 11 is 6.43. The van der Waals surface area contributed by atoms with Crippen LogP contribution in [0.1, 0.15) is 25.6 Å². The molecule has 7 heteroatoms. The summed E-state index contributed by atoms with van der Waals surface area (Å²) in [6.07, 6.45) is 0. The van der Waals surface area contributed by atoms with Crippen LogP contribution in [0.15, 0.2) is 41.8 Å². The van der Waals surface area contributed by atoms with Gasteiger partial charge in [0.05, 0.1) is 5.56 Å². The minimum absolute atomic E-state index is 0.0316. The molecule has 2 amide bonds. The van der Waals surface area contributed by atoms with E-state index in [-0.39, 0.29) is 16.9 Å². The molecule has 0 unspecified atom stereocenters. The van der Waals surface area contributed by atoms with Crippen molar-refractivity contribution in [3.63, 3.8) is 0 Å². The van der Waals surface area contributed by atoms with Crippen LogP contribution in [0, 0.1) is 6.92 Å². The first-order chi connectivity index (χ1) is 10.1. The summed E-state index contributed by atoms with van der Waals surface area (Å²) in [5, 5.41) is 4.26. The van der Waals surface area contributed by atoms with E-state index in [1.54, 1.807) is 35.7 Å². The van der Waals surface area contributed by atoms with Crippen molar-refractivity contribution in [1.29, 1.82) is 0 Å². The van der Waals surface area contributed by atoms with Crippen molar-refractivity contribution in [2.24, 2.45) is 0 Å². The standard InChI is InChI=1S/C14H13N3O2S2/c1-9-7-11(8-21-9)13(19)16-17-14(20)15-12(18)10-5-3-2-4-6-10/h2-8H,1H3,(H,16,19)(H2,15,17,18,20). The van der Waals surface area contributed by atoms with E-state index in [4.69, 9.17) is 12.2 Å². The first kappa shape index (κ1) is 15.1. The maximum atomic E-state index is 11.8. The molecular weight excluding hydrogens is 306 g/mol. The van der Waals surface area contributed by atoms with Crippen molar-refractivity contribution < 1.29 is 9.59 Å². The van der Waals surface area contributed by atoms with E-state index in [9.17, 15) is 9.59 Å². The molecule has 1 aromatic heterocycles. The molecule has 108 valence electrons. The van der Waals surface area contributed by atoms with Crippen molar-refractivity contribution in [2.75, 3.05) is 0 Å². The van der Waals surface area contributed by atoms with Crippen LogP contribution in [0.25, 0.3) is 0 Å². The summed E-state index contributed by atoms with van der Waals surface area (Å²) in [7, 11) is 0. The largest absolute Gasteiger partial charge is 0.298 e. The van der Waals surface area contributed by atoms with Crippen LogP contribution in [-0.4, -0.2) is 16.9 Å². The monoisotopic (exact) mass is 319 g/mol. The number of carbonyl (C=O) groups excluding carboxylic acids is 2. The average molecular weight is 319 g/mol. The van der Waals surface area contributed by atoms with Gasteiger partial charge in [0.1, 0.15) is 0 Å². The number of hydrazine groups is 1. The average Bonchev–Trinajstić information content (AvgIpc) is 2.92. The lowest BCUT2D eigenvalue weighted by molar-refractivity contribution is 0.0935. The Morgan fingerprint density at radius 1 is 1.05 bits per heavy atom. The second-order valence-corrected chi connectivity index (χ2v) is 5.70. The number of amides is 2. The highest BCUT2D eigenvalue weighted by atomic mass is 32.1.